The zero-order valence-electron chi connectivity index (χ0n) is 13.1. The lowest BCUT2D eigenvalue weighted by atomic mass is 9.80. The lowest BCUT2D eigenvalue weighted by molar-refractivity contribution is -0.150. The fourth-order valence-corrected chi connectivity index (χ4v) is 3.91. The minimum atomic E-state index is -0.247. The fraction of sp³-hybridized carbons (Fsp3) is 0.938. The molecule has 120 valence electrons. The first-order chi connectivity index (χ1) is 10.2. The van der Waals surface area contributed by atoms with E-state index in [0.717, 1.165) is 64.1 Å². The number of morpholine rings is 1. The van der Waals surface area contributed by atoms with Gasteiger partial charge in [0.05, 0.1) is 6.61 Å². The quantitative estimate of drug-likeness (QED) is 0.762. The lowest BCUT2D eigenvalue weighted by Crippen LogP contribution is -2.52. The Hall–Kier alpha value is -0.650. The highest BCUT2D eigenvalue weighted by atomic mass is 16.5. The summed E-state index contributed by atoms with van der Waals surface area (Å²) in [5, 5.41) is 0. The van der Waals surface area contributed by atoms with E-state index in [-0.39, 0.29) is 12.0 Å². The number of hydrogen-bond donors (Lipinski definition) is 0. The van der Waals surface area contributed by atoms with Crippen LogP contribution in [0.2, 0.25) is 0 Å². The van der Waals surface area contributed by atoms with E-state index in [9.17, 15) is 4.79 Å². The van der Waals surface area contributed by atoms with Crippen molar-refractivity contribution in [2.24, 2.45) is 11.8 Å². The summed E-state index contributed by atoms with van der Waals surface area (Å²) < 4.78 is 11.1. The number of nitrogens with zero attached hydrogens (tertiary/aromatic N) is 2. The number of carbonyl (C=O) groups is 1. The normalized spacial score (nSPS) is 30.5. The average Bonchev–Trinajstić information content (AvgIpc) is 2.55. The molecule has 1 amide bonds. The summed E-state index contributed by atoms with van der Waals surface area (Å²) in [6.07, 6.45) is 4.46. The van der Waals surface area contributed by atoms with Crippen LogP contribution in [0.1, 0.15) is 25.7 Å². The molecule has 0 saturated carbocycles. The topological polar surface area (TPSA) is 42.0 Å². The van der Waals surface area contributed by atoms with Crippen molar-refractivity contribution in [1.29, 1.82) is 0 Å². The van der Waals surface area contributed by atoms with Crippen LogP contribution in [0.15, 0.2) is 0 Å². The van der Waals surface area contributed by atoms with Crippen molar-refractivity contribution in [3.63, 3.8) is 0 Å². The van der Waals surface area contributed by atoms with E-state index in [1.54, 1.807) is 0 Å². The number of carbonyl (C=O) groups excluding carboxylic acids is 1. The minimum absolute atomic E-state index is 0.201. The van der Waals surface area contributed by atoms with Crippen LogP contribution in [0.5, 0.6) is 0 Å². The predicted molar refractivity (Wildman–Crippen MR) is 80.1 cm³/mol. The van der Waals surface area contributed by atoms with Crippen LogP contribution < -0.4 is 0 Å². The van der Waals surface area contributed by atoms with Gasteiger partial charge in [0, 0.05) is 39.4 Å². The van der Waals surface area contributed by atoms with E-state index < -0.39 is 0 Å². The van der Waals surface area contributed by atoms with Gasteiger partial charge in [-0.05, 0) is 44.6 Å². The molecule has 3 fully saturated rings. The summed E-state index contributed by atoms with van der Waals surface area (Å²) in [5.41, 5.74) is 0. The van der Waals surface area contributed by atoms with Crippen molar-refractivity contribution in [2.45, 2.75) is 31.8 Å². The van der Waals surface area contributed by atoms with Crippen molar-refractivity contribution in [2.75, 3.05) is 53.0 Å². The molecule has 5 heteroatoms. The average molecular weight is 296 g/mol. The second-order valence-corrected chi connectivity index (χ2v) is 6.73. The number of rotatable bonds is 2. The largest absolute Gasteiger partial charge is 0.381 e. The van der Waals surface area contributed by atoms with E-state index in [0.29, 0.717) is 6.61 Å². The molecule has 1 unspecified atom stereocenters. The summed E-state index contributed by atoms with van der Waals surface area (Å²) in [6, 6.07) is 0. The van der Waals surface area contributed by atoms with Crippen molar-refractivity contribution in [3.8, 4) is 0 Å². The van der Waals surface area contributed by atoms with Crippen LogP contribution in [0.4, 0.5) is 0 Å². The summed E-state index contributed by atoms with van der Waals surface area (Å²) in [7, 11) is 2.06. The molecule has 0 aromatic heterocycles. The van der Waals surface area contributed by atoms with Gasteiger partial charge >= 0.3 is 0 Å². The number of likely N-dealkylation sites (tertiary alicyclic amines) is 1. The summed E-state index contributed by atoms with van der Waals surface area (Å²) in [6.45, 7) is 5.99. The van der Waals surface area contributed by atoms with Gasteiger partial charge in [-0.1, -0.05) is 0 Å². The molecule has 21 heavy (non-hydrogen) atoms. The van der Waals surface area contributed by atoms with Gasteiger partial charge < -0.3 is 19.3 Å². The van der Waals surface area contributed by atoms with Crippen molar-refractivity contribution < 1.29 is 14.3 Å². The zero-order valence-corrected chi connectivity index (χ0v) is 13.1. The first kappa shape index (κ1) is 15.3. The molecule has 0 radical (unpaired) electrons. The third-order valence-corrected chi connectivity index (χ3v) is 5.33. The Bertz CT molecular complexity index is 349. The number of ether oxygens (including phenoxy) is 2. The molecule has 0 aromatic rings. The monoisotopic (exact) mass is 296 g/mol. The third-order valence-electron chi connectivity index (χ3n) is 5.33. The SMILES string of the molecule is CN1CCOC(C(=O)N2CCC(C3CCOCC3)CC2)C1. The molecule has 0 aliphatic carbocycles. The van der Waals surface area contributed by atoms with Gasteiger partial charge in [0.15, 0.2) is 0 Å². The Morgan fingerprint density at radius 1 is 0.952 bits per heavy atom. The molecule has 0 spiro atoms. The van der Waals surface area contributed by atoms with Gasteiger partial charge in [0.25, 0.3) is 5.91 Å². The minimum Gasteiger partial charge on any atom is -0.381 e. The maximum absolute atomic E-state index is 12.5. The second kappa shape index (κ2) is 7.07. The summed E-state index contributed by atoms with van der Waals surface area (Å²) >= 11 is 0. The highest BCUT2D eigenvalue weighted by Gasteiger charge is 2.33. The van der Waals surface area contributed by atoms with Gasteiger partial charge in [0.2, 0.25) is 0 Å². The van der Waals surface area contributed by atoms with Gasteiger partial charge in [-0.15, -0.1) is 0 Å². The van der Waals surface area contributed by atoms with Gasteiger partial charge in [-0.3, -0.25) is 4.79 Å². The second-order valence-electron chi connectivity index (χ2n) is 6.73. The van der Waals surface area contributed by atoms with Gasteiger partial charge in [0.1, 0.15) is 6.10 Å². The third kappa shape index (κ3) is 3.76. The van der Waals surface area contributed by atoms with Crippen LogP contribution in [0.3, 0.4) is 0 Å². The maximum Gasteiger partial charge on any atom is 0.253 e. The Labute approximate surface area is 127 Å². The van der Waals surface area contributed by atoms with Crippen molar-refractivity contribution in [1.82, 2.24) is 9.80 Å². The summed E-state index contributed by atoms with van der Waals surface area (Å²) in [4.78, 5) is 16.7. The number of piperidine rings is 1. The molecule has 1 atom stereocenters. The molecule has 3 saturated heterocycles. The first-order valence-electron chi connectivity index (χ1n) is 8.40. The molecule has 0 N–H and O–H groups in total. The van der Waals surface area contributed by atoms with E-state index in [2.05, 4.69) is 11.9 Å². The predicted octanol–water partition coefficient (Wildman–Crippen LogP) is 0.982. The molecular formula is C16H28N2O3. The Morgan fingerprint density at radius 3 is 2.29 bits per heavy atom. The first-order valence-corrected chi connectivity index (χ1v) is 8.40. The van der Waals surface area contributed by atoms with E-state index in [1.165, 1.54) is 12.8 Å². The van der Waals surface area contributed by atoms with Crippen LogP contribution in [0, 0.1) is 11.8 Å². The maximum atomic E-state index is 12.5. The standard InChI is InChI=1S/C16H28N2O3/c1-17-8-11-21-15(12-17)16(19)18-6-2-13(3-7-18)14-4-9-20-10-5-14/h13-15H,2-12H2,1H3. The van der Waals surface area contributed by atoms with Crippen LogP contribution >= 0.6 is 0 Å². The van der Waals surface area contributed by atoms with Crippen LogP contribution in [-0.4, -0.2) is 74.9 Å². The summed E-state index contributed by atoms with van der Waals surface area (Å²) in [5.74, 6) is 1.80. The highest BCUT2D eigenvalue weighted by molar-refractivity contribution is 5.81. The Kier molecular flexibility index (Phi) is 5.14. The molecule has 0 bridgehead atoms. The number of hydrogen-bond acceptors (Lipinski definition) is 4. The highest BCUT2D eigenvalue weighted by Crippen LogP contribution is 2.32. The lowest BCUT2D eigenvalue weighted by Gasteiger charge is -2.39. The zero-order chi connectivity index (χ0) is 14.7. The van der Waals surface area contributed by atoms with E-state index in [4.69, 9.17) is 9.47 Å². The number of likely N-dealkylation sites (N-methyl/N-ethyl adjacent to an activating group) is 1. The van der Waals surface area contributed by atoms with Crippen LogP contribution in [0.25, 0.3) is 0 Å². The van der Waals surface area contributed by atoms with Gasteiger partial charge in [-0.25, -0.2) is 0 Å². The molecule has 5 nitrogen and oxygen atoms in total. The molecular weight excluding hydrogens is 268 g/mol. The molecule has 3 rings (SSSR count). The molecule has 3 aliphatic rings. The van der Waals surface area contributed by atoms with E-state index >= 15 is 0 Å². The fourth-order valence-electron chi connectivity index (χ4n) is 3.91. The Balaban J connectivity index is 1.47. The number of amides is 1. The molecule has 0 aromatic carbocycles. The van der Waals surface area contributed by atoms with Gasteiger partial charge in [-0.2, -0.15) is 0 Å². The smallest absolute Gasteiger partial charge is 0.253 e. The van der Waals surface area contributed by atoms with Crippen molar-refractivity contribution >= 4 is 5.91 Å². The Morgan fingerprint density at radius 2 is 1.62 bits per heavy atom. The molecule has 3 heterocycles. The van der Waals surface area contributed by atoms with Crippen LogP contribution in [-0.2, 0) is 14.3 Å². The van der Waals surface area contributed by atoms with Crippen molar-refractivity contribution in [3.05, 3.63) is 0 Å². The molecule has 3 aliphatic heterocycles. The van der Waals surface area contributed by atoms with E-state index in [1.807, 2.05) is 4.90 Å².